The second kappa shape index (κ2) is 7.34. The van der Waals surface area contributed by atoms with Gasteiger partial charge in [0.25, 0.3) is 0 Å². The van der Waals surface area contributed by atoms with Crippen LogP contribution in [0.3, 0.4) is 0 Å². The summed E-state index contributed by atoms with van der Waals surface area (Å²) < 4.78 is 5.53. The van der Waals surface area contributed by atoms with Crippen LogP contribution in [0.25, 0.3) is 0 Å². The molecule has 0 amide bonds. The summed E-state index contributed by atoms with van der Waals surface area (Å²) in [5.74, 6) is 1.34. The van der Waals surface area contributed by atoms with Crippen molar-refractivity contribution in [3.05, 3.63) is 0 Å². The highest BCUT2D eigenvalue weighted by Crippen LogP contribution is 2.07. The van der Waals surface area contributed by atoms with Crippen LogP contribution in [0.5, 0.6) is 0 Å². The van der Waals surface area contributed by atoms with Crippen molar-refractivity contribution in [1.29, 1.82) is 0 Å². The van der Waals surface area contributed by atoms with Gasteiger partial charge in [0.15, 0.2) is 0 Å². The van der Waals surface area contributed by atoms with Gasteiger partial charge in [-0.3, -0.25) is 0 Å². The largest absolute Gasteiger partial charge is 0.381 e. The maximum absolute atomic E-state index is 5.53. The molecule has 80 valence electrons. The van der Waals surface area contributed by atoms with Gasteiger partial charge in [-0.15, -0.1) is 0 Å². The van der Waals surface area contributed by atoms with Gasteiger partial charge in [-0.1, -0.05) is 20.8 Å². The van der Waals surface area contributed by atoms with Crippen molar-refractivity contribution in [2.45, 2.75) is 40.2 Å². The van der Waals surface area contributed by atoms with E-state index in [2.05, 4.69) is 33.0 Å². The highest BCUT2D eigenvalue weighted by atomic mass is 16.5. The number of rotatable bonds is 7. The van der Waals surface area contributed by atoms with Crippen LogP contribution in [-0.2, 0) is 4.74 Å². The van der Waals surface area contributed by atoms with Gasteiger partial charge < -0.3 is 10.1 Å². The minimum absolute atomic E-state index is 0.586. The van der Waals surface area contributed by atoms with Crippen LogP contribution in [0, 0.1) is 11.8 Å². The molecule has 0 aromatic rings. The van der Waals surface area contributed by atoms with Crippen LogP contribution in [0.2, 0.25) is 0 Å². The molecule has 0 aliphatic rings. The Labute approximate surface area is 83.1 Å². The molecule has 0 rings (SSSR count). The fraction of sp³-hybridized carbons (Fsp3) is 1.00. The normalized spacial score (nSPS) is 16.2. The summed E-state index contributed by atoms with van der Waals surface area (Å²) in [6.45, 7) is 10.6. The number of hydrogen-bond acceptors (Lipinski definition) is 2. The second-order valence-electron chi connectivity index (χ2n) is 4.31. The molecule has 2 atom stereocenters. The number of ether oxygens (including phenoxy) is 1. The summed E-state index contributed by atoms with van der Waals surface area (Å²) in [5, 5.41) is 3.26. The van der Waals surface area contributed by atoms with Gasteiger partial charge in [-0.2, -0.15) is 0 Å². The molecule has 0 aliphatic carbocycles. The zero-order chi connectivity index (χ0) is 10.3. The Balaban J connectivity index is 3.31. The van der Waals surface area contributed by atoms with Crippen molar-refractivity contribution in [2.75, 3.05) is 20.3 Å². The zero-order valence-electron chi connectivity index (χ0n) is 9.76. The molecule has 0 saturated heterocycles. The van der Waals surface area contributed by atoms with Crippen LogP contribution in [0.15, 0.2) is 0 Å². The molecule has 0 saturated carbocycles. The fourth-order valence-electron chi connectivity index (χ4n) is 1.12. The monoisotopic (exact) mass is 187 g/mol. The van der Waals surface area contributed by atoms with E-state index in [9.17, 15) is 0 Å². The van der Waals surface area contributed by atoms with Crippen LogP contribution >= 0.6 is 0 Å². The molecule has 2 nitrogen and oxygen atoms in total. The van der Waals surface area contributed by atoms with Crippen LogP contribution in [0.1, 0.15) is 34.1 Å². The van der Waals surface area contributed by atoms with E-state index in [0.29, 0.717) is 17.9 Å². The van der Waals surface area contributed by atoms with E-state index in [0.717, 1.165) is 19.6 Å². The molecular formula is C11H25NO. The standard InChI is InChI=1S/C11H25NO/c1-9(2)8-13-7-6-10(3)11(4)12-5/h9-12H,6-8H2,1-5H3. The molecule has 0 spiro atoms. The molecule has 2 heteroatoms. The van der Waals surface area contributed by atoms with Crippen LogP contribution in [-0.4, -0.2) is 26.3 Å². The van der Waals surface area contributed by atoms with Gasteiger partial charge in [-0.25, -0.2) is 0 Å². The molecule has 13 heavy (non-hydrogen) atoms. The highest BCUT2D eigenvalue weighted by Gasteiger charge is 2.09. The highest BCUT2D eigenvalue weighted by molar-refractivity contribution is 4.65. The van der Waals surface area contributed by atoms with Gasteiger partial charge >= 0.3 is 0 Å². The van der Waals surface area contributed by atoms with Gasteiger partial charge in [0.05, 0.1) is 0 Å². The molecule has 0 aromatic heterocycles. The molecule has 2 unspecified atom stereocenters. The summed E-state index contributed by atoms with van der Waals surface area (Å²) in [4.78, 5) is 0. The lowest BCUT2D eigenvalue weighted by Crippen LogP contribution is -2.29. The second-order valence-corrected chi connectivity index (χ2v) is 4.31. The maximum atomic E-state index is 5.53. The topological polar surface area (TPSA) is 21.3 Å². The van der Waals surface area contributed by atoms with E-state index < -0.39 is 0 Å². The average molecular weight is 187 g/mol. The lowest BCUT2D eigenvalue weighted by Gasteiger charge is -2.19. The summed E-state index contributed by atoms with van der Waals surface area (Å²) in [7, 11) is 2.01. The van der Waals surface area contributed by atoms with E-state index >= 15 is 0 Å². The smallest absolute Gasteiger partial charge is 0.0488 e. The van der Waals surface area contributed by atoms with Crippen molar-refractivity contribution >= 4 is 0 Å². The third-order valence-electron chi connectivity index (χ3n) is 2.48. The molecule has 0 aliphatic heterocycles. The minimum atomic E-state index is 0.586. The zero-order valence-corrected chi connectivity index (χ0v) is 9.76. The average Bonchev–Trinajstić information content (AvgIpc) is 2.10. The first-order valence-electron chi connectivity index (χ1n) is 5.33. The van der Waals surface area contributed by atoms with E-state index in [1.165, 1.54) is 0 Å². The number of hydrogen-bond donors (Lipinski definition) is 1. The molecule has 0 fully saturated rings. The lowest BCUT2D eigenvalue weighted by atomic mass is 10.0. The lowest BCUT2D eigenvalue weighted by molar-refractivity contribution is 0.0962. The Morgan fingerprint density at radius 3 is 2.23 bits per heavy atom. The number of nitrogens with one attached hydrogen (secondary N) is 1. The summed E-state index contributed by atoms with van der Waals surface area (Å²) in [6, 6.07) is 0.586. The van der Waals surface area contributed by atoms with Crippen molar-refractivity contribution in [3.63, 3.8) is 0 Å². The van der Waals surface area contributed by atoms with Crippen molar-refractivity contribution in [3.8, 4) is 0 Å². The van der Waals surface area contributed by atoms with Crippen LogP contribution < -0.4 is 5.32 Å². The molecule has 1 N–H and O–H groups in total. The first-order valence-corrected chi connectivity index (χ1v) is 5.33. The predicted molar refractivity (Wildman–Crippen MR) is 58.0 cm³/mol. The van der Waals surface area contributed by atoms with Gasteiger partial charge in [0.1, 0.15) is 0 Å². The molecule has 0 radical (unpaired) electrons. The van der Waals surface area contributed by atoms with E-state index in [4.69, 9.17) is 4.74 Å². The summed E-state index contributed by atoms with van der Waals surface area (Å²) >= 11 is 0. The maximum Gasteiger partial charge on any atom is 0.0488 e. The third kappa shape index (κ3) is 7.03. The predicted octanol–water partition coefficient (Wildman–Crippen LogP) is 2.29. The Bertz CT molecular complexity index is 115. The summed E-state index contributed by atoms with van der Waals surface area (Å²) in [5.41, 5.74) is 0. The fourth-order valence-corrected chi connectivity index (χ4v) is 1.12. The summed E-state index contributed by atoms with van der Waals surface area (Å²) in [6.07, 6.45) is 1.15. The van der Waals surface area contributed by atoms with E-state index in [-0.39, 0.29) is 0 Å². The van der Waals surface area contributed by atoms with Gasteiger partial charge in [0.2, 0.25) is 0 Å². The van der Waals surface area contributed by atoms with Crippen molar-refractivity contribution < 1.29 is 4.74 Å². The molecule has 0 heterocycles. The van der Waals surface area contributed by atoms with Gasteiger partial charge in [0, 0.05) is 19.3 Å². The third-order valence-corrected chi connectivity index (χ3v) is 2.48. The SMILES string of the molecule is CNC(C)C(C)CCOCC(C)C. The quantitative estimate of drug-likeness (QED) is 0.617. The Morgan fingerprint density at radius 1 is 1.15 bits per heavy atom. The molecule has 0 aromatic carbocycles. The van der Waals surface area contributed by atoms with E-state index in [1.807, 2.05) is 7.05 Å². The Hall–Kier alpha value is -0.0800. The van der Waals surface area contributed by atoms with Gasteiger partial charge in [-0.05, 0) is 32.2 Å². The van der Waals surface area contributed by atoms with E-state index in [1.54, 1.807) is 0 Å². The van der Waals surface area contributed by atoms with Crippen molar-refractivity contribution in [2.24, 2.45) is 11.8 Å². The van der Waals surface area contributed by atoms with Crippen molar-refractivity contribution in [1.82, 2.24) is 5.32 Å². The Kier molecular flexibility index (Phi) is 7.29. The van der Waals surface area contributed by atoms with Crippen LogP contribution in [0.4, 0.5) is 0 Å². The first-order chi connectivity index (χ1) is 6.07. The molecule has 0 bridgehead atoms. The first kappa shape index (κ1) is 12.9. The minimum Gasteiger partial charge on any atom is -0.381 e. The Morgan fingerprint density at radius 2 is 1.77 bits per heavy atom. The molecular weight excluding hydrogens is 162 g/mol.